The van der Waals surface area contributed by atoms with Crippen molar-refractivity contribution < 1.29 is 5.11 Å². The van der Waals surface area contributed by atoms with Crippen LogP contribution in [0.5, 0.6) is 0 Å². The van der Waals surface area contributed by atoms with Gasteiger partial charge in [0.2, 0.25) is 0 Å². The molecule has 14 heavy (non-hydrogen) atoms. The number of aliphatic hydroxyl groups excluding tert-OH is 1. The van der Waals surface area contributed by atoms with Crippen LogP contribution in [-0.2, 0) is 6.42 Å². The summed E-state index contributed by atoms with van der Waals surface area (Å²) in [6.45, 7) is 4.26. The molecule has 0 atom stereocenters. The Morgan fingerprint density at radius 2 is 1.93 bits per heavy atom. The summed E-state index contributed by atoms with van der Waals surface area (Å²) < 4.78 is 0. The van der Waals surface area contributed by atoms with Gasteiger partial charge in [0.25, 0.3) is 0 Å². The number of aliphatic hydroxyl groups is 1. The first-order chi connectivity index (χ1) is 6.74. The Labute approximate surface area is 85.0 Å². The average molecular weight is 191 g/mol. The fourth-order valence-electron chi connectivity index (χ4n) is 1.91. The molecule has 1 fully saturated rings. The highest BCUT2D eigenvalue weighted by atomic mass is 16.3. The van der Waals surface area contributed by atoms with Crippen LogP contribution in [0.15, 0.2) is 24.3 Å². The first-order valence-electron chi connectivity index (χ1n) is 5.11. The molecule has 0 aromatic heterocycles. The van der Waals surface area contributed by atoms with Crippen LogP contribution in [-0.4, -0.2) is 24.8 Å². The third-order valence-electron chi connectivity index (χ3n) is 3.04. The van der Waals surface area contributed by atoms with Gasteiger partial charge in [-0.05, 0) is 18.9 Å². The maximum atomic E-state index is 9.31. The molecule has 0 radical (unpaired) electrons. The molecule has 0 saturated carbocycles. The molecule has 1 aliphatic rings. The molecule has 2 nitrogen and oxygen atoms in total. The first-order valence-corrected chi connectivity index (χ1v) is 5.11. The van der Waals surface area contributed by atoms with E-state index >= 15 is 0 Å². The van der Waals surface area contributed by atoms with E-state index < -0.39 is 0 Å². The highest BCUT2D eigenvalue weighted by Gasteiger charge is 2.36. The number of nitrogens with one attached hydrogen (secondary N) is 1. The lowest BCUT2D eigenvalue weighted by atomic mass is 9.77. The predicted octanol–water partition coefficient (Wildman–Crippen LogP) is 1.12. The summed E-state index contributed by atoms with van der Waals surface area (Å²) in [5.74, 6) is 0. The zero-order valence-electron chi connectivity index (χ0n) is 8.59. The SMILES string of the molecule is Cc1ccc(CC2(CO)CNC2)cc1. The molecule has 2 N–H and O–H groups in total. The van der Waals surface area contributed by atoms with Gasteiger partial charge >= 0.3 is 0 Å². The quantitative estimate of drug-likeness (QED) is 0.750. The Hall–Kier alpha value is -0.860. The summed E-state index contributed by atoms with van der Waals surface area (Å²) in [5, 5.41) is 12.5. The van der Waals surface area contributed by atoms with Gasteiger partial charge in [-0.3, -0.25) is 0 Å². The second-order valence-corrected chi connectivity index (χ2v) is 4.42. The Morgan fingerprint density at radius 1 is 1.29 bits per heavy atom. The van der Waals surface area contributed by atoms with Crippen molar-refractivity contribution in [2.24, 2.45) is 5.41 Å². The van der Waals surface area contributed by atoms with Gasteiger partial charge in [-0.1, -0.05) is 29.8 Å². The van der Waals surface area contributed by atoms with E-state index in [1.54, 1.807) is 0 Å². The van der Waals surface area contributed by atoms with Gasteiger partial charge in [-0.25, -0.2) is 0 Å². The van der Waals surface area contributed by atoms with Crippen molar-refractivity contribution in [1.29, 1.82) is 0 Å². The molecule has 0 aliphatic carbocycles. The van der Waals surface area contributed by atoms with Crippen LogP contribution in [0, 0.1) is 12.3 Å². The van der Waals surface area contributed by atoms with Crippen LogP contribution < -0.4 is 5.32 Å². The zero-order chi connectivity index (χ0) is 10.0. The van der Waals surface area contributed by atoms with Crippen molar-refractivity contribution in [1.82, 2.24) is 5.32 Å². The Balaban J connectivity index is 2.06. The summed E-state index contributed by atoms with van der Waals surface area (Å²) in [6, 6.07) is 8.58. The number of rotatable bonds is 3. The molecule has 76 valence electrons. The Bertz CT molecular complexity index is 295. The minimum atomic E-state index is 0.106. The fraction of sp³-hybridized carbons (Fsp3) is 0.500. The molecule has 1 aromatic carbocycles. The van der Waals surface area contributed by atoms with Crippen molar-refractivity contribution in [2.45, 2.75) is 13.3 Å². The van der Waals surface area contributed by atoms with Crippen molar-refractivity contribution in [3.05, 3.63) is 35.4 Å². The van der Waals surface area contributed by atoms with Gasteiger partial charge in [0.15, 0.2) is 0 Å². The molecule has 1 aromatic rings. The van der Waals surface area contributed by atoms with E-state index in [0.29, 0.717) is 0 Å². The number of benzene rings is 1. The van der Waals surface area contributed by atoms with E-state index in [1.165, 1.54) is 11.1 Å². The number of hydrogen-bond acceptors (Lipinski definition) is 2. The van der Waals surface area contributed by atoms with Gasteiger partial charge < -0.3 is 10.4 Å². The second-order valence-electron chi connectivity index (χ2n) is 4.42. The van der Waals surface area contributed by atoms with Crippen molar-refractivity contribution in [3.63, 3.8) is 0 Å². The zero-order valence-corrected chi connectivity index (χ0v) is 8.59. The average Bonchev–Trinajstić information content (AvgIpc) is 2.15. The van der Waals surface area contributed by atoms with Crippen molar-refractivity contribution >= 4 is 0 Å². The van der Waals surface area contributed by atoms with E-state index in [0.717, 1.165) is 19.5 Å². The summed E-state index contributed by atoms with van der Waals surface area (Å²) in [5.41, 5.74) is 2.72. The highest BCUT2D eigenvalue weighted by molar-refractivity contribution is 5.23. The van der Waals surface area contributed by atoms with Crippen LogP contribution in [0.2, 0.25) is 0 Å². The summed E-state index contributed by atoms with van der Waals surface area (Å²) >= 11 is 0. The maximum absolute atomic E-state index is 9.31. The molecular formula is C12H17NO. The van der Waals surface area contributed by atoms with Gasteiger partial charge in [0.05, 0.1) is 6.61 Å². The topological polar surface area (TPSA) is 32.3 Å². The summed E-state index contributed by atoms with van der Waals surface area (Å²) in [6.07, 6.45) is 0.983. The molecule has 1 aliphatic heterocycles. The van der Waals surface area contributed by atoms with Gasteiger partial charge in [0.1, 0.15) is 0 Å². The maximum Gasteiger partial charge on any atom is 0.0515 e. The molecule has 2 heteroatoms. The summed E-state index contributed by atoms with van der Waals surface area (Å²) in [4.78, 5) is 0. The van der Waals surface area contributed by atoms with Gasteiger partial charge in [0, 0.05) is 18.5 Å². The van der Waals surface area contributed by atoms with E-state index in [1.807, 2.05) is 0 Å². The van der Waals surface area contributed by atoms with Gasteiger partial charge in [-0.2, -0.15) is 0 Å². The monoisotopic (exact) mass is 191 g/mol. The predicted molar refractivity (Wildman–Crippen MR) is 57.3 cm³/mol. The van der Waals surface area contributed by atoms with Crippen LogP contribution in [0.1, 0.15) is 11.1 Å². The number of aryl methyl sites for hydroxylation is 1. The minimum absolute atomic E-state index is 0.106. The number of hydrogen-bond donors (Lipinski definition) is 2. The third-order valence-corrected chi connectivity index (χ3v) is 3.04. The molecular weight excluding hydrogens is 174 g/mol. The lowest BCUT2D eigenvalue weighted by molar-refractivity contribution is 0.0687. The van der Waals surface area contributed by atoms with Gasteiger partial charge in [-0.15, -0.1) is 0 Å². The van der Waals surface area contributed by atoms with E-state index in [2.05, 4.69) is 36.5 Å². The molecule has 0 spiro atoms. The standard InChI is InChI=1S/C12H17NO/c1-10-2-4-11(5-3-10)6-12(9-14)7-13-8-12/h2-5,13-14H,6-9H2,1H3. The van der Waals surface area contributed by atoms with E-state index in [-0.39, 0.29) is 12.0 Å². The van der Waals surface area contributed by atoms with Crippen LogP contribution >= 0.6 is 0 Å². The van der Waals surface area contributed by atoms with Crippen LogP contribution in [0.25, 0.3) is 0 Å². The molecule has 0 unspecified atom stereocenters. The molecule has 1 saturated heterocycles. The van der Waals surface area contributed by atoms with Crippen LogP contribution in [0.3, 0.4) is 0 Å². The second kappa shape index (κ2) is 3.71. The van der Waals surface area contributed by atoms with Crippen molar-refractivity contribution in [2.75, 3.05) is 19.7 Å². The molecule has 2 rings (SSSR count). The molecule has 1 heterocycles. The third kappa shape index (κ3) is 1.81. The van der Waals surface area contributed by atoms with E-state index in [9.17, 15) is 5.11 Å². The highest BCUT2D eigenvalue weighted by Crippen LogP contribution is 2.26. The largest absolute Gasteiger partial charge is 0.396 e. The smallest absolute Gasteiger partial charge is 0.0515 e. The Morgan fingerprint density at radius 3 is 2.36 bits per heavy atom. The van der Waals surface area contributed by atoms with Crippen LogP contribution in [0.4, 0.5) is 0 Å². The first kappa shape index (κ1) is 9.69. The van der Waals surface area contributed by atoms with Crippen molar-refractivity contribution in [3.8, 4) is 0 Å². The lowest BCUT2D eigenvalue weighted by Crippen LogP contribution is -2.56. The summed E-state index contributed by atoms with van der Waals surface area (Å²) in [7, 11) is 0. The Kier molecular flexibility index (Phi) is 2.57. The minimum Gasteiger partial charge on any atom is -0.396 e. The normalized spacial score (nSPS) is 19.0. The lowest BCUT2D eigenvalue weighted by Gasteiger charge is -2.41. The molecule has 0 bridgehead atoms. The van der Waals surface area contributed by atoms with E-state index in [4.69, 9.17) is 0 Å². The fourth-order valence-corrected chi connectivity index (χ4v) is 1.91. The molecule has 0 amide bonds.